The molecule has 0 fully saturated rings. The lowest BCUT2D eigenvalue weighted by Crippen LogP contribution is -2.31. The van der Waals surface area contributed by atoms with Crippen LogP contribution in [-0.2, 0) is 13.1 Å². The molecule has 0 radical (unpaired) electrons. The molecule has 3 aromatic carbocycles. The summed E-state index contributed by atoms with van der Waals surface area (Å²) >= 11 is 0. The van der Waals surface area contributed by atoms with E-state index in [2.05, 4.69) is 50.0 Å². The third kappa shape index (κ3) is 5.46. The first kappa shape index (κ1) is 21.8. The van der Waals surface area contributed by atoms with Gasteiger partial charge in [-0.15, -0.1) is 0 Å². The van der Waals surface area contributed by atoms with Crippen LogP contribution in [0.3, 0.4) is 0 Å². The molecule has 4 N–H and O–H groups in total. The van der Waals surface area contributed by atoms with Crippen LogP contribution in [-0.4, -0.2) is 15.9 Å². The molecule has 0 unspecified atom stereocenters. The molecule has 1 heterocycles. The number of carbonyl (C=O) groups is 1. The van der Waals surface area contributed by atoms with Crippen LogP contribution >= 0.6 is 0 Å². The topological polar surface area (TPSA) is 96.2 Å². The Morgan fingerprint density at radius 2 is 1.42 bits per heavy atom. The molecule has 0 spiro atoms. The van der Waals surface area contributed by atoms with Gasteiger partial charge in [0.2, 0.25) is 0 Å². The number of hydrazine groups is 1. The number of aromatic nitrogens is 2. The quantitative estimate of drug-likeness (QED) is 0.354. The number of nitrogens with one attached hydrogen (secondary N) is 2. The van der Waals surface area contributed by atoms with E-state index in [0.29, 0.717) is 36.0 Å². The largest absolute Gasteiger partial charge is 0.393 e. The van der Waals surface area contributed by atoms with Crippen molar-refractivity contribution in [3.8, 4) is 0 Å². The van der Waals surface area contributed by atoms with Gasteiger partial charge in [0.05, 0.1) is 0 Å². The van der Waals surface area contributed by atoms with Gasteiger partial charge in [-0.05, 0) is 29.7 Å². The number of amides is 1. The number of hydrogen-bond donors (Lipinski definition) is 3. The summed E-state index contributed by atoms with van der Waals surface area (Å²) in [6.45, 7) is 3.12. The van der Waals surface area contributed by atoms with Crippen molar-refractivity contribution in [1.82, 2.24) is 15.4 Å². The Bertz CT molecular complexity index is 1170. The highest BCUT2D eigenvalue weighted by Gasteiger charge is 2.17. The molecule has 4 rings (SSSR count). The molecule has 33 heavy (non-hydrogen) atoms. The summed E-state index contributed by atoms with van der Waals surface area (Å²) in [6.07, 6.45) is 1.44. The first-order chi connectivity index (χ1) is 16.1. The summed E-state index contributed by atoms with van der Waals surface area (Å²) in [7, 11) is 0. The van der Waals surface area contributed by atoms with Gasteiger partial charge in [-0.3, -0.25) is 15.6 Å². The molecule has 7 nitrogen and oxygen atoms in total. The van der Waals surface area contributed by atoms with Crippen LogP contribution in [0.15, 0.2) is 91.3 Å². The van der Waals surface area contributed by atoms with E-state index in [1.54, 1.807) is 6.07 Å². The second-order valence-electron chi connectivity index (χ2n) is 7.68. The molecular formula is C26H26N6O. The Labute approximate surface area is 193 Å². The SMILES string of the molecule is Cc1ccccc1C(=O)NNc1ncnc(N(Cc2ccccc2)Cc2ccccc2)c1N. The summed E-state index contributed by atoms with van der Waals surface area (Å²) < 4.78 is 0. The van der Waals surface area contributed by atoms with Crippen LogP contribution in [0.5, 0.6) is 0 Å². The highest BCUT2D eigenvalue weighted by molar-refractivity contribution is 5.96. The Hall–Kier alpha value is -4.39. The van der Waals surface area contributed by atoms with Crippen molar-refractivity contribution in [2.75, 3.05) is 16.1 Å². The van der Waals surface area contributed by atoms with E-state index in [1.807, 2.05) is 61.5 Å². The maximum absolute atomic E-state index is 12.6. The Kier molecular flexibility index (Phi) is 6.80. The van der Waals surface area contributed by atoms with Gasteiger partial charge in [0.15, 0.2) is 11.6 Å². The van der Waals surface area contributed by atoms with Gasteiger partial charge in [0.1, 0.15) is 12.0 Å². The molecule has 1 amide bonds. The van der Waals surface area contributed by atoms with Crippen molar-refractivity contribution >= 4 is 23.2 Å². The van der Waals surface area contributed by atoms with Gasteiger partial charge >= 0.3 is 0 Å². The maximum atomic E-state index is 12.6. The molecule has 0 aliphatic carbocycles. The highest BCUT2D eigenvalue weighted by atomic mass is 16.2. The van der Waals surface area contributed by atoms with Crippen LogP contribution in [0.2, 0.25) is 0 Å². The molecule has 166 valence electrons. The van der Waals surface area contributed by atoms with Crippen molar-refractivity contribution < 1.29 is 4.79 Å². The molecule has 4 aromatic rings. The summed E-state index contributed by atoms with van der Waals surface area (Å²) in [5.41, 5.74) is 16.1. The molecule has 0 saturated heterocycles. The first-order valence-electron chi connectivity index (χ1n) is 10.7. The lowest BCUT2D eigenvalue weighted by molar-refractivity contribution is 0.0962. The number of nitrogens with zero attached hydrogens (tertiary/aromatic N) is 3. The minimum Gasteiger partial charge on any atom is -0.393 e. The average molecular weight is 439 g/mol. The van der Waals surface area contributed by atoms with Crippen molar-refractivity contribution in [2.24, 2.45) is 0 Å². The fourth-order valence-corrected chi connectivity index (χ4v) is 3.56. The molecular weight excluding hydrogens is 412 g/mol. The number of hydrogen-bond acceptors (Lipinski definition) is 6. The van der Waals surface area contributed by atoms with E-state index in [9.17, 15) is 4.79 Å². The predicted octanol–water partition coefficient (Wildman–Crippen LogP) is 4.33. The minimum absolute atomic E-state index is 0.266. The Morgan fingerprint density at radius 1 is 0.848 bits per heavy atom. The number of benzene rings is 3. The van der Waals surface area contributed by atoms with Crippen LogP contribution in [0, 0.1) is 6.92 Å². The van der Waals surface area contributed by atoms with Gasteiger partial charge in [0.25, 0.3) is 5.91 Å². The lowest BCUT2D eigenvalue weighted by atomic mass is 10.1. The second kappa shape index (κ2) is 10.3. The monoisotopic (exact) mass is 438 g/mol. The molecule has 0 saturated carbocycles. The highest BCUT2D eigenvalue weighted by Crippen LogP contribution is 2.28. The van der Waals surface area contributed by atoms with E-state index in [-0.39, 0.29) is 5.91 Å². The van der Waals surface area contributed by atoms with Crippen LogP contribution in [0.25, 0.3) is 0 Å². The molecule has 1 aromatic heterocycles. The molecule has 0 aliphatic heterocycles. The van der Waals surface area contributed by atoms with Crippen LogP contribution < -0.4 is 21.5 Å². The van der Waals surface area contributed by atoms with Crippen molar-refractivity contribution in [2.45, 2.75) is 20.0 Å². The zero-order valence-corrected chi connectivity index (χ0v) is 18.4. The fraction of sp³-hybridized carbons (Fsp3) is 0.115. The Morgan fingerprint density at radius 3 is 2.03 bits per heavy atom. The lowest BCUT2D eigenvalue weighted by Gasteiger charge is -2.26. The number of carbonyl (C=O) groups excluding carboxylic acids is 1. The number of rotatable bonds is 8. The number of anilines is 3. The van der Waals surface area contributed by atoms with E-state index < -0.39 is 0 Å². The Balaban J connectivity index is 1.57. The molecule has 7 heteroatoms. The van der Waals surface area contributed by atoms with E-state index in [4.69, 9.17) is 5.73 Å². The number of aryl methyl sites for hydroxylation is 1. The second-order valence-corrected chi connectivity index (χ2v) is 7.68. The fourth-order valence-electron chi connectivity index (χ4n) is 3.56. The van der Waals surface area contributed by atoms with Crippen LogP contribution in [0.4, 0.5) is 17.3 Å². The zero-order valence-electron chi connectivity index (χ0n) is 18.4. The zero-order chi connectivity index (χ0) is 23.0. The number of nitrogens with two attached hydrogens (primary N) is 1. The summed E-state index contributed by atoms with van der Waals surface area (Å²) in [5.74, 6) is 0.663. The van der Waals surface area contributed by atoms with Crippen molar-refractivity contribution in [3.05, 3.63) is 114 Å². The van der Waals surface area contributed by atoms with Crippen molar-refractivity contribution in [1.29, 1.82) is 0 Å². The molecule has 0 aliphatic rings. The minimum atomic E-state index is -0.266. The number of nitrogen functional groups attached to an aromatic ring is 1. The van der Waals surface area contributed by atoms with E-state index in [0.717, 1.165) is 16.7 Å². The standard InChI is InChI=1S/C26H26N6O/c1-19-10-8-9-15-22(19)26(33)31-30-24-23(27)25(29-18-28-24)32(16-20-11-4-2-5-12-20)17-21-13-6-3-7-14-21/h2-15,18H,16-17,27H2,1H3,(H,31,33)(H,28,29,30). The third-order valence-corrected chi connectivity index (χ3v) is 5.28. The van der Waals surface area contributed by atoms with E-state index >= 15 is 0 Å². The van der Waals surface area contributed by atoms with E-state index in [1.165, 1.54) is 6.33 Å². The maximum Gasteiger partial charge on any atom is 0.269 e. The molecule has 0 atom stereocenters. The predicted molar refractivity (Wildman–Crippen MR) is 131 cm³/mol. The van der Waals surface area contributed by atoms with Gasteiger partial charge in [-0.1, -0.05) is 78.9 Å². The summed E-state index contributed by atoms with van der Waals surface area (Å²) in [6, 6.07) is 27.6. The summed E-state index contributed by atoms with van der Waals surface area (Å²) in [5, 5.41) is 0. The molecule has 0 bridgehead atoms. The third-order valence-electron chi connectivity index (χ3n) is 5.28. The average Bonchev–Trinajstić information content (AvgIpc) is 2.84. The van der Waals surface area contributed by atoms with Gasteiger partial charge in [0, 0.05) is 18.7 Å². The first-order valence-corrected chi connectivity index (χ1v) is 10.7. The van der Waals surface area contributed by atoms with Gasteiger partial charge in [-0.2, -0.15) is 0 Å². The van der Waals surface area contributed by atoms with Crippen LogP contribution in [0.1, 0.15) is 27.0 Å². The van der Waals surface area contributed by atoms with Crippen molar-refractivity contribution in [3.63, 3.8) is 0 Å². The van der Waals surface area contributed by atoms with Gasteiger partial charge < -0.3 is 10.6 Å². The summed E-state index contributed by atoms with van der Waals surface area (Å²) in [4.78, 5) is 23.4. The van der Waals surface area contributed by atoms with Gasteiger partial charge in [-0.25, -0.2) is 9.97 Å². The normalized spacial score (nSPS) is 10.5. The smallest absolute Gasteiger partial charge is 0.269 e.